The van der Waals surface area contributed by atoms with Crippen molar-refractivity contribution < 1.29 is 4.79 Å². The number of anilines is 1. The summed E-state index contributed by atoms with van der Waals surface area (Å²) in [5.41, 5.74) is 3.63. The summed E-state index contributed by atoms with van der Waals surface area (Å²) in [6, 6.07) is 13.2. The number of carbonyl (C=O) groups excluding carboxylic acids is 1. The largest absolute Gasteiger partial charge is 0.332 e. The van der Waals surface area contributed by atoms with E-state index in [-0.39, 0.29) is 5.91 Å². The first-order valence-corrected chi connectivity index (χ1v) is 10.6. The molecule has 0 unspecified atom stereocenters. The number of halogens is 2. The number of amidine groups is 1. The first-order chi connectivity index (χ1) is 13.9. The van der Waals surface area contributed by atoms with E-state index in [0.29, 0.717) is 31.7 Å². The highest BCUT2D eigenvalue weighted by Crippen LogP contribution is 2.35. The van der Waals surface area contributed by atoms with E-state index < -0.39 is 0 Å². The van der Waals surface area contributed by atoms with Gasteiger partial charge in [-0.05, 0) is 65.2 Å². The molecule has 2 aromatic carbocycles. The molecule has 29 heavy (non-hydrogen) atoms. The summed E-state index contributed by atoms with van der Waals surface area (Å²) in [5.74, 6) is 0.0847. The molecule has 2 heterocycles. The van der Waals surface area contributed by atoms with Gasteiger partial charge in [0.1, 0.15) is 0 Å². The molecule has 0 atom stereocenters. The third kappa shape index (κ3) is 4.17. The molecule has 4 nitrogen and oxygen atoms in total. The maximum Gasteiger partial charge on any atom is 0.286 e. The molecule has 0 fully saturated rings. The Balaban J connectivity index is 1.61. The molecule has 4 rings (SSSR count). The van der Waals surface area contributed by atoms with Crippen molar-refractivity contribution in [1.29, 1.82) is 0 Å². The van der Waals surface area contributed by atoms with Crippen LogP contribution in [-0.4, -0.2) is 16.1 Å². The highest BCUT2D eigenvalue weighted by Gasteiger charge is 2.23. The van der Waals surface area contributed by atoms with E-state index in [1.807, 2.05) is 30.5 Å². The Morgan fingerprint density at radius 1 is 1.10 bits per heavy atom. The molecule has 0 aliphatic carbocycles. The molecule has 0 spiro atoms. The van der Waals surface area contributed by atoms with Crippen molar-refractivity contribution in [1.82, 2.24) is 4.98 Å². The number of benzene rings is 2. The molecule has 0 saturated carbocycles. The van der Waals surface area contributed by atoms with E-state index in [2.05, 4.69) is 35.2 Å². The first kappa shape index (κ1) is 20.0. The number of hydrogen-bond acceptors (Lipinski definition) is 4. The zero-order valence-corrected chi connectivity index (χ0v) is 18.1. The number of aromatic nitrogens is 1. The van der Waals surface area contributed by atoms with Crippen LogP contribution in [0.25, 0.3) is 17.0 Å². The Kier molecular flexibility index (Phi) is 5.63. The first-order valence-electron chi connectivity index (χ1n) is 9.04. The molecular weight excluding hydrogens is 425 g/mol. The van der Waals surface area contributed by atoms with Crippen LogP contribution in [0.2, 0.25) is 10.0 Å². The van der Waals surface area contributed by atoms with Crippen LogP contribution in [0.4, 0.5) is 5.69 Å². The van der Waals surface area contributed by atoms with E-state index in [0.717, 1.165) is 16.5 Å². The lowest BCUT2D eigenvalue weighted by atomic mass is 9.97. The number of nitrogens with one attached hydrogen (secondary N) is 1. The smallest absolute Gasteiger partial charge is 0.286 e. The fourth-order valence-electron chi connectivity index (χ4n) is 3.12. The van der Waals surface area contributed by atoms with Gasteiger partial charge in [0.05, 0.1) is 26.2 Å². The van der Waals surface area contributed by atoms with Gasteiger partial charge in [-0.2, -0.15) is 4.99 Å². The third-order valence-electron chi connectivity index (χ3n) is 4.53. The average Bonchev–Trinajstić information content (AvgIpc) is 3.03. The number of nitrogens with zero attached hydrogens (tertiary/aromatic N) is 2. The van der Waals surface area contributed by atoms with Gasteiger partial charge in [-0.25, -0.2) is 0 Å². The maximum atomic E-state index is 12.4. The minimum atomic E-state index is -0.295. The minimum Gasteiger partial charge on any atom is -0.332 e. The van der Waals surface area contributed by atoms with Crippen molar-refractivity contribution in [3.05, 3.63) is 74.7 Å². The van der Waals surface area contributed by atoms with E-state index >= 15 is 0 Å². The van der Waals surface area contributed by atoms with Crippen molar-refractivity contribution in [3.8, 4) is 0 Å². The number of fused-ring (bicyclic) bond motifs is 1. The van der Waals surface area contributed by atoms with Crippen molar-refractivity contribution in [3.63, 3.8) is 0 Å². The standard InChI is InChI=1S/C22H17Cl2N3OS/c1-12(2)14-8-9-25-18-7-6-13(10-15(14)18)11-19-21(28)27-22(29-19)26-20-16(23)4-3-5-17(20)24/h3-12H,1-2H3,(H,26,27,28). The van der Waals surface area contributed by atoms with Gasteiger partial charge in [0.2, 0.25) is 0 Å². The van der Waals surface area contributed by atoms with Gasteiger partial charge in [0.15, 0.2) is 5.17 Å². The zero-order valence-electron chi connectivity index (χ0n) is 15.7. The van der Waals surface area contributed by atoms with Crippen LogP contribution in [0.1, 0.15) is 30.9 Å². The molecule has 7 heteroatoms. The summed E-state index contributed by atoms with van der Waals surface area (Å²) < 4.78 is 0. The van der Waals surface area contributed by atoms with Gasteiger partial charge in [-0.3, -0.25) is 9.78 Å². The fraction of sp³-hybridized carbons (Fsp3) is 0.136. The van der Waals surface area contributed by atoms with Gasteiger partial charge in [0.25, 0.3) is 5.91 Å². The SMILES string of the molecule is CC(C)c1ccnc2ccc(C=C3SC(Nc4c(Cl)cccc4Cl)=NC3=O)cc12. The number of rotatable bonds is 3. The zero-order chi connectivity index (χ0) is 20.5. The molecule has 1 amide bonds. The van der Waals surface area contributed by atoms with Crippen LogP contribution < -0.4 is 5.32 Å². The van der Waals surface area contributed by atoms with Crippen LogP contribution in [0.5, 0.6) is 0 Å². The van der Waals surface area contributed by atoms with Gasteiger partial charge in [-0.1, -0.05) is 49.2 Å². The number of hydrogen-bond donors (Lipinski definition) is 1. The summed E-state index contributed by atoms with van der Waals surface area (Å²) in [5, 5.41) is 5.53. The summed E-state index contributed by atoms with van der Waals surface area (Å²) in [6.45, 7) is 4.31. The molecular formula is C22H17Cl2N3OS. The summed E-state index contributed by atoms with van der Waals surface area (Å²) in [7, 11) is 0. The quantitative estimate of drug-likeness (QED) is 0.456. The highest BCUT2D eigenvalue weighted by atomic mass is 35.5. The number of carbonyl (C=O) groups is 1. The second-order valence-corrected chi connectivity index (χ2v) is 8.73. The fourth-order valence-corrected chi connectivity index (χ4v) is 4.43. The molecule has 146 valence electrons. The maximum absolute atomic E-state index is 12.4. The molecule has 3 aromatic rings. The Morgan fingerprint density at radius 2 is 1.86 bits per heavy atom. The van der Waals surface area contributed by atoms with Crippen molar-refractivity contribution in [2.75, 3.05) is 5.32 Å². The predicted octanol–water partition coefficient (Wildman–Crippen LogP) is 6.75. The summed E-state index contributed by atoms with van der Waals surface area (Å²) >= 11 is 13.6. The molecule has 1 aromatic heterocycles. The lowest BCUT2D eigenvalue weighted by Gasteiger charge is -2.10. The van der Waals surface area contributed by atoms with Gasteiger partial charge >= 0.3 is 0 Å². The second-order valence-electron chi connectivity index (χ2n) is 6.89. The van der Waals surface area contributed by atoms with Gasteiger partial charge < -0.3 is 5.32 Å². The number of thioether (sulfide) groups is 1. The predicted molar refractivity (Wildman–Crippen MR) is 124 cm³/mol. The third-order valence-corrected chi connectivity index (χ3v) is 6.06. The van der Waals surface area contributed by atoms with Gasteiger partial charge in [-0.15, -0.1) is 0 Å². The van der Waals surface area contributed by atoms with Crippen molar-refractivity contribution >= 4 is 68.7 Å². The minimum absolute atomic E-state index is 0.295. The Labute approximate surface area is 183 Å². The Hall–Kier alpha value is -2.34. The molecule has 1 N–H and O–H groups in total. The average molecular weight is 442 g/mol. The Bertz CT molecular complexity index is 1170. The molecule has 0 saturated heterocycles. The van der Waals surface area contributed by atoms with Crippen molar-refractivity contribution in [2.24, 2.45) is 4.99 Å². The van der Waals surface area contributed by atoms with Crippen LogP contribution >= 0.6 is 35.0 Å². The monoisotopic (exact) mass is 441 g/mol. The number of pyridine rings is 1. The highest BCUT2D eigenvalue weighted by molar-refractivity contribution is 8.18. The van der Waals surface area contributed by atoms with Gasteiger partial charge in [0, 0.05) is 11.6 Å². The van der Waals surface area contributed by atoms with E-state index in [4.69, 9.17) is 23.2 Å². The normalized spacial score (nSPS) is 15.4. The summed E-state index contributed by atoms with van der Waals surface area (Å²) in [6.07, 6.45) is 3.67. The topological polar surface area (TPSA) is 54.4 Å². The Morgan fingerprint density at radius 3 is 2.59 bits per heavy atom. The molecule has 1 aliphatic rings. The van der Waals surface area contributed by atoms with E-state index in [1.165, 1.54) is 17.3 Å². The van der Waals surface area contributed by atoms with E-state index in [1.54, 1.807) is 18.2 Å². The lowest BCUT2D eigenvalue weighted by Crippen LogP contribution is -2.05. The molecule has 0 radical (unpaired) electrons. The lowest BCUT2D eigenvalue weighted by molar-refractivity contribution is -0.113. The van der Waals surface area contributed by atoms with Crippen LogP contribution in [0.3, 0.4) is 0 Å². The molecule has 0 bridgehead atoms. The van der Waals surface area contributed by atoms with E-state index in [9.17, 15) is 4.79 Å². The van der Waals surface area contributed by atoms with Crippen LogP contribution in [0.15, 0.2) is 58.6 Å². The summed E-state index contributed by atoms with van der Waals surface area (Å²) in [4.78, 5) is 21.4. The van der Waals surface area contributed by atoms with Crippen molar-refractivity contribution in [2.45, 2.75) is 19.8 Å². The second kappa shape index (κ2) is 8.19. The van der Waals surface area contributed by atoms with Crippen LogP contribution in [-0.2, 0) is 4.79 Å². The number of para-hydroxylation sites is 1. The number of amides is 1. The number of aliphatic imine (C=N–C) groups is 1. The van der Waals surface area contributed by atoms with Crippen LogP contribution in [0, 0.1) is 0 Å². The molecule has 1 aliphatic heterocycles.